The van der Waals surface area contributed by atoms with Crippen molar-refractivity contribution in [1.82, 2.24) is 14.7 Å². The van der Waals surface area contributed by atoms with Gasteiger partial charge in [-0.1, -0.05) is 12.8 Å². The number of fused-ring (bicyclic) bond motifs is 1. The van der Waals surface area contributed by atoms with Crippen LogP contribution in [0.3, 0.4) is 0 Å². The quantitative estimate of drug-likeness (QED) is 0.851. The summed E-state index contributed by atoms with van der Waals surface area (Å²) in [4.78, 5) is 15.3. The van der Waals surface area contributed by atoms with Crippen molar-refractivity contribution in [2.24, 2.45) is 7.05 Å². The van der Waals surface area contributed by atoms with E-state index in [0.717, 1.165) is 31.4 Å². The van der Waals surface area contributed by atoms with Crippen molar-refractivity contribution < 1.29 is 4.79 Å². The predicted octanol–water partition coefficient (Wildman–Crippen LogP) is 3.37. The van der Waals surface area contributed by atoms with Crippen molar-refractivity contribution in [3.63, 3.8) is 0 Å². The fraction of sp³-hybridized carbons (Fsp3) is 0.476. The molecule has 0 unspecified atom stereocenters. The zero-order valence-corrected chi connectivity index (χ0v) is 15.2. The average Bonchev–Trinajstić information content (AvgIpc) is 3.40. The van der Waals surface area contributed by atoms with Crippen LogP contribution in [-0.4, -0.2) is 26.6 Å². The van der Waals surface area contributed by atoms with Crippen molar-refractivity contribution in [2.75, 3.05) is 0 Å². The Morgan fingerprint density at radius 2 is 1.96 bits per heavy atom. The third-order valence-corrected chi connectivity index (χ3v) is 5.81. The van der Waals surface area contributed by atoms with Crippen molar-refractivity contribution in [2.45, 2.75) is 57.5 Å². The molecule has 4 rings (SSSR count). The number of aromatic nitrogens is 2. The van der Waals surface area contributed by atoms with Crippen LogP contribution in [0.2, 0.25) is 0 Å². The summed E-state index contributed by atoms with van der Waals surface area (Å²) in [6.45, 7) is 0.590. The van der Waals surface area contributed by atoms with Crippen LogP contribution in [0.4, 0.5) is 0 Å². The van der Waals surface area contributed by atoms with Gasteiger partial charge in [-0.25, -0.2) is 0 Å². The molecule has 2 aliphatic carbocycles. The van der Waals surface area contributed by atoms with Crippen LogP contribution in [0.15, 0.2) is 24.3 Å². The Hall–Kier alpha value is -2.61. The molecule has 2 aromatic rings. The molecule has 26 heavy (non-hydrogen) atoms. The molecular formula is C21H24N4O. The highest BCUT2D eigenvalue weighted by atomic mass is 16.2. The van der Waals surface area contributed by atoms with E-state index in [1.165, 1.54) is 30.5 Å². The molecule has 0 radical (unpaired) electrons. The summed E-state index contributed by atoms with van der Waals surface area (Å²) in [6.07, 6.45) is 7.84. The molecule has 1 fully saturated rings. The van der Waals surface area contributed by atoms with Crippen molar-refractivity contribution in [3.8, 4) is 6.07 Å². The molecule has 5 heteroatoms. The predicted molar refractivity (Wildman–Crippen MR) is 98.5 cm³/mol. The first kappa shape index (κ1) is 16.8. The minimum Gasteiger partial charge on any atom is -0.330 e. The third-order valence-electron chi connectivity index (χ3n) is 5.81. The van der Waals surface area contributed by atoms with Gasteiger partial charge in [-0.2, -0.15) is 10.4 Å². The summed E-state index contributed by atoms with van der Waals surface area (Å²) in [5.74, 6) is 0.0544. The van der Waals surface area contributed by atoms with Crippen LogP contribution in [-0.2, 0) is 26.4 Å². The summed E-state index contributed by atoms with van der Waals surface area (Å²) >= 11 is 0. The van der Waals surface area contributed by atoms with Crippen LogP contribution < -0.4 is 0 Å². The number of rotatable bonds is 4. The van der Waals surface area contributed by atoms with Gasteiger partial charge in [0.1, 0.15) is 0 Å². The largest absolute Gasteiger partial charge is 0.330 e. The van der Waals surface area contributed by atoms with E-state index in [4.69, 9.17) is 10.4 Å². The Labute approximate surface area is 154 Å². The van der Waals surface area contributed by atoms with Gasteiger partial charge in [0, 0.05) is 24.3 Å². The van der Waals surface area contributed by atoms with Gasteiger partial charge in [0.2, 0.25) is 0 Å². The second-order valence-corrected chi connectivity index (χ2v) is 7.41. The summed E-state index contributed by atoms with van der Waals surface area (Å²) in [5.41, 5.74) is 4.98. The normalized spacial score (nSPS) is 16.5. The molecular weight excluding hydrogens is 324 g/mol. The Balaban J connectivity index is 1.63. The molecule has 0 N–H and O–H groups in total. The van der Waals surface area contributed by atoms with Crippen LogP contribution in [0.25, 0.3) is 0 Å². The first-order chi connectivity index (χ1) is 12.7. The van der Waals surface area contributed by atoms with Gasteiger partial charge in [-0.15, -0.1) is 0 Å². The van der Waals surface area contributed by atoms with Crippen LogP contribution in [0, 0.1) is 11.3 Å². The van der Waals surface area contributed by atoms with Gasteiger partial charge in [0.25, 0.3) is 5.91 Å². The fourth-order valence-electron chi connectivity index (χ4n) is 4.42. The zero-order valence-electron chi connectivity index (χ0n) is 15.2. The molecule has 5 nitrogen and oxygen atoms in total. The number of carbonyl (C=O) groups excluding carboxylic acids is 1. The van der Waals surface area contributed by atoms with Gasteiger partial charge in [0.05, 0.1) is 23.9 Å². The van der Waals surface area contributed by atoms with E-state index in [-0.39, 0.29) is 11.9 Å². The van der Waals surface area contributed by atoms with E-state index >= 15 is 0 Å². The number of carbonyl (C=O) groups is 1. The standard InChI is InChI=1S/C21H24N4O/c1-24-20-8-4-7-18(20)19(23-24)14-25(17-5-2-3-6-17)21(26)16-11-9-15(13-22)10-12-16/h9-12,17H,2-8,14H2,1H3. The van der Waals surface area contributed by atoms with E-state index in [1.807, 2.05) is 16.6 Å². The molecule has 1 heterocycles. The molecule has 1 amide bonds. The lowest BCUT2D eigenvalue weighted by Gasteiger charge is -2.29. The Kier molecular flexibility index (Phi) is 4.50. The van der Waals surface area contributed by atoms with Crippen molar-refractivity contribution >= 4 is 5.91 Å². The second-order valence-electron chi connectivity index (χ2n) is 7.41. The molecule has 2 aliphatic rings. The van der Waals surface area contributed by atoms with E-state index in [0.29, 0.717) is 17.7 Å². The molecule has 0 aliphatic heterocycles. The topological polar surface area (TPSA) is 61.9 Å². The van der Waals surface area contributed by atoms with Crippen LogP contribution in [0.5, 0.6) is 0 Å². The lowest BCUT2D eigenvalue weighted by atomic mass is 10.1. The van der Waals surface area contributed by atoms with Crippen LogP contribution >= 0.6 is 0 Å². The van der Waals surface area contributed by atoms with E-state index < -0.39 is 0 Å². The van der Waals surface area contributed by atoms with E-state index in [2.05, 4.69) is 6.07 Å². The number of nitrogens with zero attached hydrogens (tertiary/aromatic N) is 4. The maximum Gasteiger partial charge on any atom is 0.254 e. The number of nitriles is 1. The number of aryl methyl sites for hydroxylation is 1. The fourth-order valence-corrected chi connectivity index (χ4v) is 4.42. The maximum atomic E-state index is 13.3. The summed E-state index contributed by atoms with van der Waals surface area (Å²) in [5, 5.41) is 13.7. The van der Waals surface area contributed by atoms with E-state index in [9.17, 15) is 4.79 Å². The Bertz CT molecular complexity index is 853. The Morgan fingerprint density at radius 3 is 2.65 bits per heavy atom. The highest BCUT2D eigenvalue weighted by Crippen LogP contribution is 2.30. The smallest absolute Gasteiger partial charge is 0.254 e. The highest BCUT2D eigenvalue weighted by molar-refractivity contribution is 5.94. The zero-order chi connectivity index (χ0) is 18.1. The lowest BCUT2D eigenvalue weighted by molar-refractivity contribution is 0.0661. The second kappa shape index (κ2) is 6.95. The van der Waals surface area contributed by atoms with Crippen molar-refractivity contribution in [3.05, 3.63) is 52.3 Å². The molecule has 0 bridgehead atoms. The van der Waals surface area contributed by atoms with Gasteiger partial charge in [-0.3, -0.25) is 9.48 Å². The lowest BCUT2D eigenvalue weighted by Crippen LogP contribution is -2.38. The highest BCUT2D eigenvalue weighted by Gasteiger charge is 2.30. The SMILES string of the molecule is Cn1nc(CN(C(=O)c2ccc(C#N)cc2)C2CCCC2)c2c1CCC2. The van der Waals surface area contributed by atoms with Gasteiger partial charge in [0.15, 0.2) is 0 Å². The summed E-state index contributed by atoms with van der Waals surface area (Å²) in [7, 11) is 2.01. The van der Waals surface area contributed by atoms with Crippen molar-refractivity contribution in [1.29, 1.82) is 5.26 Å². The minimum absolute atomic E-state index is 0.0544. The molecule has 0 atom stereocenters. The summed E-state index contributed by atoms with van der Waals surface area (Å²) in [6, 6.07) is 9.38. The number of hydrogen-bond acceptors (Lipinski definition) is 3. The van der Waals surface area contributed by atoms with Gasteiger partial charge >= 0.3 is 0 Å². The monoisotopic (exact) mass is 348 g/mol. The molecule has 1 aromatic heterocycles. The third kappa shape index (κ3) is 3.01. The maximum absolute atomic E-state index is 13.3. The van der Waals surface area contributed by atoms with E-state index in [1.54, 1.807) is 24.3 Å². The molecule has 0 saturated heterocycles. The number of amides is 1. The molecule has 1 aromatic carbocycles. The number of hydrogen-bond donors (Lipinski definition) is 0. The molecule has 1 saturated carbocycles. The Morgan fingerprint density at radius 1 is 1.23 bits per heavy atom. The average molecular weight is 348 g/mol. The molecule has 0 spiro atoms. The number of benzene rings is 1. The minimum atomic E-state index is 0.0544. The van der Waals surface area contributed by atoms with Gasteiger partial charge in [-0.05, 0) is 61.9 Å². The van der Waals surface area contributed by atoms with Gasteiger partial charge < -0.3 is 4.90 Å². The first-order valence-electron chi connectivity index (χ1n) is 9.52. The summed E-state index contributed by atoms with van der Waals surface area (Å²) < 4.78 is 2.00. The first-order valence-corrected chi connectivity index (χ1v) is 9.52. The van der Waals surface area contributed by atoms with Crippen LogP contribution in [0.1, 0.15) is 65.0 Å². The molecule has 134 valence electrons.